The number of ether oxygens (including phenoxy) is 9. The molecule has 12 nitrogen and oxygen atoms in total. The van der Waals surface area contributed by atoms with Crippen molar-refractivity contribution in [2.75, 3.05) is 140 Å². The maximum Gasteiger partial charge on any atom is 0.329 e. The number of hydrogen-bond acceptors (Lipinski definition) is 11. The molecule has 0 aromatic carbocycles. The predicted octanol–water partition coefficient (Wildman–Crippen LogP) is -0.218. The van der Waals surface area contributed by atoms with Crippen molar-refractivity contribution in [3.8, 4) is 0 Å². The standard InChI is InChI=1S/C22H45NO11/c1-23(2)3-4-26-5-6-27-7-8-28-9-10-29-11-12-30-13-14-31-15-16-32-17-18-33-19-20-34-21-22(24)25/h3-21H2,1-2H3,(H,24,25). The minimum atomic E-state index is -0.991. The van der Waals surface area contributed by atoms with Crippen LogP contribution in [0.2, 0.25) is 0 Å². The van der Waals surface area contributed by atoms with E-state index in [0.29, 0.717) is 106 Å². The highest BCUT2D eigenvalue weighted by molar-refractivity contribution is 5.67. The van der Waals surface area contributed by atoms with Gasteiger partial charge < -0.3 is 52.6 Å². The van der Waals surface area contributed by atoms with Gasteiger partial charge in [-0.05, 0) is 14.1 Å². The number of hydrogen-bond donors (Lipinski definition) is 1. The van der Waals surface area contributed by atoms with E-state index in [1.807, 2.05) is 14.1 Å². The van der Waals surface area contributed by atoms with Crippen LogP contribution in [-0.4, -0.2) is 156 Å². The van der Waals surface area contributed by atoms with Gasteiger partial charge in [0.05, 0.1) is 112 Å². The Labute approximate surface area is 203 Å². The predicted molar refractivity (Wildman–Crippen MR) is 124 cm³/mol. The second-order valence-electron chi connectivity index (χ2n) is 7.15. The van der Waals surface area contributed by atoms with Gasteiger partial charge in [-0.1, -0.05) is 0 Å². The molecule has 0 saturated heterocycles. The molecule has 0 aromatic heterocycles. The third-order valence-electron chi connectivity index (χ3n) is 3.88. The summed E-state index contributed by atoms with van der Waals surface area (Å²) < 4.78 is 47.9. The van der Waals surface area contributed by atoms with Crippen molar-refractivity contribution in [2.45, 2.75) is 0 Å². The molecule has 0 aliphatic rings. The summed E-state index contributed by atoms with van der Waals surface area (Å²) in [5.74, 6) is -0.991. The lowest BCUT2D eigenvalue weighted by Gasteiger charge is -2.10. The van der Waals surface area contributed by atoms with E-state index in [2.05, 4.69) is 4.90 Å². The molecule has 0 atom stereocenters. The molecule has 0 radical (unpaired) electrons. The molecule has 0 fully saturated rings. The van der Waals surface area contributed by atoms with Crippen molar-refractivity contribution < 1.29 is 52.5 Å². The summed E-state index contributed by atoms with van der Waals surface area (Å²) in [6.07, 6.45) is 0. The van der Waals surface area contributed by atoms with Crippen molar-refractivity contribution in [1.29, 1.82) is 0 Å². The Morgan fingerprint density at radius 3 is 0.941 bits per heavy atom. The highest BCUT2D eigenvalue weighted by atomic mass is 16.6. The number of carbonyl (C=O) groups is 1. The molecule has 0 rings (SSSR count). The van der Waals surface area contributed by atoms with Gasteiger partial charge >= 0.3 is 5.97 Å². The van der Waals surface area contributed by atoms with Crippen LogP contribution in [0.15, 0.2) is 0 Å². The molecule has 1 N–H and O–H groups in total. The van der Waals surface area contributed by atoms with Gasteiger partial charge in [0.15, 0.2) is 0 Å². The number of aliphatic carboxylic acids is 1. The quantitative estimate of drug-likeness (QED) is 0.137. The largest absolute Gasteiger partial charge is 0.480 e. The summed E-state index contributed by atoms with van der Waals surface area (Å²) in [5.41, 5.74) is 0. The molecule has 0 saturated carbocycles. The normalized spacial score (nSPS) is 11.5. The van der Waals surface area contributed by atoms with Crippen LogP contribution in [0.4, 0.5) is 0 Å². The monoisotopic (exact) mass is 499 g/mol. The van der Waals surface area contributed by atoms with E-state index in [4.69, 9.17) is 47.7 Å². The number of carboxylic acids is 1. The number of carboxylic acid groups (broad SMARTS) is 1. The molecule has 0 aliphatic carbocycles. The van der Waals surface area contributed by atoms with Gasteiger partial charge in [-0.15, -0.1) is 0 Å². The molecular formula is C22H45NO11. The second kappa shape index (κ2) is 28.3. The molecule has 12 heteroatoms. The number of rotatable bonds is 29. The van der Waals surface area contributed by atoms with E-state index in [1.165, 1.54) is 0 Å². The van der Waals surface area contributed by atoms with Gasteiger partial charge in [0, 0.05) is 6.54 Å². The average Bonchev–Trinajstić information content (AvgIpc) is 2.80. The van der Waals surface area contributed by atoms with E-state index in [0.717, 1.165) is 6.54 Å². The minimum absolute atomic E-state index is 0.248. The molecule has 0 spiro atoms. The van der Waals surface area contributed by atoms with Gasteiger partial charge in [0.1, 0.15) is 6.61 Å². The summed E-state index contributed by atoms with van der Waals surface area (Å²) in [4.78, 5) is 12.3. The van der Waals surface area contributed by atoms with E-state index >= 15 is 0 Å². The Morgan fingerprint density at radius 2 is 0.706 bits per heavy atom. The maximum atomic E-state index is 10.2. The Balaban J connectivity index is 3.02. The summed E-state index contributed by atoms with van der Waals surface area (Å²) in [6.45, 7) is 9.01. The summed E-state index contributed by atoms with van der Waals surface area (Å²) in [5, 5.41) is 8.39. The number of likely N-dealkylation sites (N-methyl/N-ethyl adjacent to an activating group) is 1. The third kappa shape index (κ3) is 31.1. The zero-order chi connectivity index (χ0) is 25.0. The van der Waals surface area contributed by atoms with Crippen molar-refractivity contribution in [3.05, 3.63) is 0 Å². The van der Waals surface area contributed by atoms with Gasteiger partial charge in [0.25, 0.3) is 0 Å². The number of nitrogens with zero attached hydrogens (tertiary/aromatic N) is 1. The summed E-state index contributed by atoms with van der Waals surface area (Å²) in [7, 11) is 4.03. The van der Waals surface area contributed by atoms with Gasteiger partial charge in [0.2, 0.25) is 0 Å². The average molecular weight is 500 g/mol. The zero-order valence-corrected chi connectivity index (χ0v) is 20.9. The smallest absolute Gasteiger partial charge is 0.329 e. The molecule has 0 aliphatic heterocycles. The second-order valence-corrected chi connectivity index (χ2v) is 7.15. The first-order valence-corrected chi connectivity index (χ1v) is 11.7. The van der Waals surface area contributed by atoms with E-state index < -0.39 is 5.97 Å². The molecule has 34 heavy (non-hydrogen) atoms. The van der Waals surface area contributed by atoms with Crippen LogP contribution >= 0.6 is 0 Å². The van der Waals surface area contributed by atoms with Crippen molar-refractivity contribution in [2.24, 2.45) is 0 Å². The summed E-state index contributed by atoms with van der Waals surface area (Å²) >= 11 is 0. The van der Waals surface area contributed by atoms with Crippen molar-refractivity contribution >= 4 is 5.97 Å². The van der Waals surface area contributed by atoms with Crippen LogP contribution < -0.4 is 0 Å². The Bertz CT molecular complexity index is 416. The van der Waals surface area contributed by atoms with Crippen LogP contribution in [-0.2, 0) is 47.4 Å². The first-order valence-electron chi connectivity index (χ1n) is 11.7. The van der Waals surface area contributed by atoms with Gasteiger partial charge in [-0.3, -0.25) is 0 Å². The minimum Gasteiger partial charge on any atom is -0.480 e. The lowest BCUT2D eigenvalue weighted by molar-refractivity contribution is -0.142. The van der Waals surface area contributed by atoms with Crippen LogP contribution in [0, 0.1) is 0 Å². The Morgan fingerprint density at radius 1 is 0.471 bits per heavy atom. The van der Waals surface area contributed by atoms with E-state index in [-0.39, 0.29) is 13.2 Å². The van der Waals surface area contributed by atoms with E-state index in [1.54, 1.807) is 0 Å². The fourth-order valence-corrected chi connectivity index (χ4v) is 2.17. The highest BCUT2D eigenvalue weighted by Gasteiger charge is 1.97. The topological polar surface area (TPSA) is 124 Å². The Hall–Kier alpha value is -0.930. The SMILES string of the molecule is CN(C)CCOCCOCCOCCOCCOCCOCCOCCOCCOCC(=O)O. The highest BCUT2D eigenvalue weighted by Crippen LogP contribution is 1.86. The maximum absolute atomic E-state index is 10.2. The fraction of sp³-hybridized carbons (Fsp3) is 0.955. The third-order valence-corrected chi connectivity index (χ3v) is 3.88. The lowest BCUT2D eigenvalue weighted by Crippen LogP contribution is -2.19. The first-order chi connectivity index (χ1) is 16.6. The molecule has 0 bridgehead atoms. The molecular weight excluding hydrogens is 454 g/mol. The lowest BCUT2D eigenvalue weighted by atomic mass is 10.6. The van der Waals surface area contributed by atoms with Crippen LogP contribution in [0.25, 0.3) is 0 Å². The molecule has 0 unspecified atom stereocenters. The van der Waals surface area contributed by atoms with E-state index in [9.17, 15) is 4.79 Å². The zero-order valence-electron chi connectivity index (χ0n) is 20.9. The fourth-order valence-electron chi connectivity index (χ4n) is 2.17. The van der Waals surface area contributed by atoms with Crippen molar-refractivity contribution in [3.63, 3.8) is 0 Å². The van der Waals surface area contributed by atoms with Crippen LogP contribution in [0.3, 0.4) is 0 Å². The van der Waals surface area contributed by atoms with Crippen molar-refractivity contribution in [1.82, 2.24) is 4.90 Å². The van der Waals surface area contributed by atoms with Crippen LogP contribution in [0.1, 0.15) is 0 Å². The molecule has 0 amide bonds. The summed E-state index contributed by atoms with van der Waals surface area (Å²) in [6, 6.07) is 0. The Kier molecular flexibility index (Phi) is 27.5. The van der Waals surface area contributed by atoms with Crippen LogP contribution in [0.5, 0.6) is 0 Å². The molecule has 0 aromatic rings. The van der Waals surface area contributed by atoms with Gasteiger partial charge in [-0.2, -0.15) is 0 Å². The molecule has 0 heterocycles. The molecule has 204 valence electrons. The first kappa shape index (κ1) is 33.1. The van der Waals surface area contributed by atoms with Gasteiger partial charge in [-0.25, -0.2) is 4.79 Å².